The zero-order chi connectivity index (χ0) is 13.7. The molecule has 2 aromatic rings. The molecule has 1 atom stereocenters. The van der Waals surface area contributed by atoms with Crippen LogP contribution in [-0.4, -0.2) is 16.7 Å². The van der Waals surface area contributed by atoms with Gasteiger partial charge in [-0.2, -0.15) is 0 Å². The van der Waals surface area contributed by atoms with E-state index in [9.17, 15) is 0 Å². The third kappa shape index (κ3) is 3.58. The van der Waals surface area contributed by atoms with E-state index in [4.69, 9.17) is 4.42 Å². The Balaban J connectivity index is 2.24. The van der Waals surface area contributed by atoms with Crippen molar-refractivity contribution in [1.82, 2.24) is 15.5 Å². The second kappa shape index (κ2) is 6.73. The molecule has 1 heterocycles. The summed E-state index contributed by atoms with van der Waals surface area (Å²) in [6, 6.07) is 8.71. The number of rotatable bonds is 6. The van der Waals surface area contributed by atoms with Crippen molar-refractivity contribution >= 4 is 11.8 Å². The average Bonchev–Trinajstić information content (AvgIpc) is 2.82. The molecule has 0 saturated carbocycles. The first-order valence-corrected chi connectivity index (χ1v) is 7.36. The first kappa shape index (κ1) is 14.1. The van der Waals surface area contributed by atoms with Crippen LogP contribution in [0, 0.1) is 6.92 Å². The quantitative estimate of drug-likeness (QED) is 0.874. The van der Waals surface area contributed by atoms with Crippen molar-refractivity contribution < 1.29 is 4.42 Å². The second-order valence-electron chi connectivity index (χ2n) is 4.25. The normalized spacial score (nSPS) is 12.6. The first-order valence-electron chi connectivity index (χ1n) is 6.54. The van der Waals surface area contributed by atoms with Crippen molar-refractivity contribution in [2.75, 3.05) is 6.54 Å². The smallest absolute Gasteiger partial charge is 0.281 e. The minimum atomic E-state index is 0.359. The fourth-order valence-corrected chi connectivity index (χ4v) is 2.90. The molecule has 0 aliphatic carbocycles. The molecule has 1 unspecified atom stereocenters. The molecule has 102 valence electrons. The standard InChI is InChI=1S/C14H19N3OS/c1-4-12(15-5-2)11-8-6-7-9-13(11)19-14-17-16-10(3)18-14/h6-9,12,15H,4-5H2,1-3H3. The van der Waals surface area contributed by atoms with Crippen molar-refractivity contribution in [1.29, 1.82) is 0 Å². The molecule has 1 aromatic carbocycles. The lowest BCUT2D eigenvalue weighted by Crippen LogP contribution is -2.20. The van der Waals surface area contributed by atoms with Gasteiger partial charge in [0.05, 0.1) is 0 Å². The summed E-state index contributed by atoms with van der Waals surface area (Å²) >= 11 is 1.52. The van der Waals surface area contributed by atoms with E-state index in [-0.39, 0.29) is 0 Å². The Morgan fingerprint density at radius 2 is 2.05 bits per heavy atom. The highest BCUT2D eigenvalue weighted by molar-refractivity contribution is 7.99. The summed E-state index contributed by atoms with van der Waals surface area (Å²) < 4.78 is 5.44. The molecule has 0 aliphatic heterocycles. The van der Waals surface area contributed by atoms with Crippen molar-refractivity contribution in [2.45, 2.75) is 43.4 Å². The van der Waals surface area contributed by atoms with E-state index in [0.717, 1.165) is 13.0 Å². The SMILES string of the molecule is CCNC(CC)c1ccccc1Sc1nnc(C)o1. The van der Waals surface area contributed by atoms with E-state index in [1.165, 1.54) is 22.2 Å². The van der Waals surface area contributed by atoms with E-state index in [2.05, 4.69) is 47.6 Å². The number of benzene rings is 1. The summed E-state index contributed by atoms with van der Waals surface area (Å²) in [7, 11) is 0. The van der Waals surface area contributed by atoms with Crippen molar-refractivity contribution in [2.24, 2.45) is 0 Å². The Bertz CT molecular complexity index is 527. The summed E-state index contributed by atoms with van der Waals surface area (Å²) in [4.78, 5) is 1.17. The van der Waals surface area contributed by atoms with Gasteiger partial charge in [-0.25, -0.2) is 0 Å². The largest absolute Gasteiger partial charge is 0.416 e. The molecular weight excluding hydrogens is 258 g/mol. The maximum absolute atomic E-state index is 5.44. The van der Waals surface area contributed by atoms with Crippen LogP contribution in [0.5, 0.6) is 0 Å². The molecule has 0 radical (unpaired) electrons. The Morgan fingerprint density at radius 1 is 1.26 bits per heavy atom. The van der Waals surface area contributed by atoms with Crippen LogP contribution in [0.3, 0.4) is 0 Å². The minimum absolute atomic E-state index is 0.359. The number of hydrogen-bond donors (Lipinski definition) is 1. The van der Waals surface area contributed by atoms with Crippen molar-refractivity contribution in [3.8, 4) is 0 Å². The molecule has 0 saturated heterocycles. The van der Waals surface area contributed by atoms with E-state index in [1.807, 2.05) is 6.07 Å². The molecule has 0 fully saturated rings. The molecule has 0 aliphatic rings. The Kier molecular flexibility index (Phi) is 4.99. The van der Waals surface area contributed by atoms with Gasteiger partial charge in [0.25, 0.3) is 5.22 Å². The molecule has 4 nitrogen and oxygen atoms in total. The lowest BCUT2D eigenvalue weighted by Gasteiger charge is -2.18. The van der Waals surface area contributed by atoms with E-state index in [1.54, 1.807) is 6.92 Å². The minimum Gasteiger partial charge on any atom is -0.416 e. The molecular formula is C14H19N3OS. The predicted molar refractivity (Wildman–Crippen MR) is 76.3 cm³/mol. The van der Waals surface area contributed by atoms with Crippen LogP contribution in [0.15, 0.2) is 38.8 Å². The predicted octanol–water partition coefficient (Wildman–Crippen LogP) is 3.59. The zero-order valence-electron chi connectivity index (χ0n) is 11.5. The van der Waals surface area contributed by atoms with Gasteiger partial charge in [-0.1, -0.05) is 32.0 Å². The third-order valence-electron chi connectivity index (χ3n) is 2.86. The van der Waals surface area contributed by atoms with Gasteiger partial charge in [0.1, 0.15) is 0 Å². The van der Waals surface area contributed by atoms with Gasteiger partial charge < -0.3 is 9.73 Å². The van der Waals surface area contributed by atoms with E-state index < -0.39 is 0 Å². The van der Waals surface area contributed by atoms with Crippen LogP contribution in [0.2, 0.25) is 0 Å². The lowest BCUT2D eigenvalue weighted by molar-refractivity contribution is 0.429. The summed E-state index contributed by atoms with van der Waals surface area (Å²) in [6.45, 7) is 7.07. The van der Waals surface area contributed by atoms with E-state index in [0.29, 0.717) is 17.2 Å². The summed E-state index contributed by atoms with van der Waals surface area (Å²) in [5.41, 5.74) is 1.28. The van der Waals surface area contributed by atoms with Gasteiger partial charge in [0.15, 0.2) is 0 Å². The van der Waals surface area contributed by atoms with Gasteiger partial charge in [-0.05, 0) is 36.4 Å². The van der Waals surface area contributed by atoms with Crippen LogP contribution >= 0.6 is 11.8 Å². The molecule has 2 rings (SSSR count). The van der Waals surface area contributed by atoms with Crippen molar-refractivity contribution in [3.05, 3.63) is 35.7 Å². The van der Waals surface area contributed by atoms with Gasteiger partial charge in [-0.3, -0.25) is 0 Å². The number of nitrogens with one attached hydrogen (secondary N) is 1. The van der Waals surface area contributed by atoms with Crippen LogP contribution in [-0.2, 0) is 0 Å². The molecule has 1 N–H and O–H groups in total. The average molecular weight is 277 g/mol. The van der Waals surface area contributed by atoms with Crippen LogP contribution in [0.4, 0.5) is 0 Å². The zero-order valence-corrected chi connectivity index (χ0v) is 12.3. The highest BCUT2D eigenvalue weighted by atomic mass is 32.2. The molecule has 1 aromatic heterocycles. The first-order chi connectivity index (χ1) is 9.24. The molecule has 0 bridgehead atoms. The highest BCUT2D eigenvalue weighted by Gasteiger charge is 2.14. The van der Waals surface area contributed by atoms with Crippen LogP contribution < -0.4 is 5.32 Å². The van der Waals surface area contributed by atoms with E-state index >= 15 is 0 Å². The topological polar surface area (TPSA) is 51.0 Å². The Morgan fingerprint density at radius 3 is 2.68 bits per heavy atom. The third-order valence-corrected chi connectivity index (χ3v) is 3.79. The van der Waals surface area contributed by atoms with Gasteiger partial charge in [-0.15, -0.1) is 10.2 Å². The van der Waals surface area contributed by atoms with Gasteiger partial charge in [0.2, 0.25) is 5.89 Å². The van der Waals surface area contributed by atoms with Gasteiger partial charge in [0, 0.05) is 17.9 Å². The summed E-state index contributed by atoms with van der Waals surface area (Å²) in [5, 5.41) is 12.0. The fourth-order valence-electron chi connectivity index (χ4n) is 2.00. The number of nitrogens with zero attached hydrogens (tertiary/aromatic N) is 2. The molecule has 0 amide bonds. The molecule has 5 heteroatoms. The van der Waals surface area contributed by atoms with Crippen molar-refractivity contribution in [3.63, 3.8) is 0 Å². The Hall–Kier alpha value is -1.33. The fraction of sp³-hybridized carbons (Fsp3) is 0.429. The maximum Gasteiger partial charge on any atom is 0.281 e. The Labute approximate surface area is 118 Å². The summed E-state index contributed by atoms with van der Waals surface area (Å²) in [5.74, 6) is 0.596. The van der Waals surface area contributed by atoms with Crippen LogP contribution in [0.1, 0.15) is 37.8 Å². The lowest BCUT2D eigenvalue weighted by atomic mass is 10.0. The van der Waals surface area contributed by atoms with Crippen LogP contribution in [0.25, 0.3) is 0 Å². The maximum atomic E-state index is 5.44. The summed E-state index contributed by atoms with van der Waals surface area (Å²) in [6.07, 6.45) is 1.05. The highest BCUT2D eigenvalue weighted by Crippen LogP contribution is 2.33. The number of aromatic nitrogens is 2. The molecule has 0 spiro atoms. The second-order valence-corrected chi connectivity index (χ2v) is 5.24. The monoisotopic (exact) mass is 277 g/mol. The van der Waals surface area contributed by atoms with Gasteiger partial charge >= 0.3 is 0 Å². The molecule has 19 heavy (non-hydrogen) atoms. The number of aryl methyl sites for hydroxylation is 1. The number of hydrogen-bond acceptors (Lipinski definition) is 5.